The average molecular weight is 490 g/mol. The molecule has 3 rings (SSSR count). The van der Waals surface area contributed by atoms with E-state index in [4.69, 9.17) is 9.47 Å². The second kappa shape index (κ2) is 10.3. The first-order chi connectivity index (χ1) is 14.5. The molecule has 0 radical (unpaired) electrons. The van der Waals surface area contributed by atoms with E-state index in [1.54, 1.807) is 32.4 Å². The molecule has 30 heavy (non-hydrogen) atoms. The third kappa shape index (κ3) is 5.39. The molecule has 0 aliphatic rings. The maximum Gasteiger partial charge on any atom is 0.250 e. The lowest BCUT2D eigenvalue weighted by Crippen LogP contribution is -2.20. The molecule has 0 bridgehead atoms. The fraction of sp³-hybridized carbons (Fsp3) is 0.200. The van der Waals surface area contributed by atoms with E-state index >= 15 is 0 Å². The Balaban J connectivity index is 1.56. The molecular weight excluding hydrogens is 470 g/mol. The molecule has 0 unspecified atom stereocenters. The Hall–Kier alpha value is -2.85. The third-order valence-electron chi connectivity index (χ3n) is 4.10. The van der Waals surface area contributed by atoms with Crippen LogP contribution >= 0.6 is 27.7 Å². The molecule has 0 fully saturated rings. The van der Waals surface area contributed by atoms with Gasteiger partial charge in [0.15, 0.2) is 11.0 Å². The van der Waals surface area contributed by atoms with Crippen LogP contribution in [0, 0.1) is 0 Å². The van der Waals surface area contributed by atoms with E-state index in [0.717, 1.165) is 21.4 Å². The third-order valence-corrected chi connectivity index (χ3v) is 5.65. The van der Waals surface area contributed by atoms with Gasteiger partial charge in [-0.2, -0.15) is 5.10 Å². The number of nitrogens with one attached hydrogen (secondary N) is 1. The summed E-state index contributed by atoms with van der Waals surface area (Å²) < 4.78 is 13.3. The molecule has 0 spiro atoms. The van der Waals surface area contributed by atoms with Crippen molar-refractivity contribution < 1.29 is 14.3 Å². The van der Waals surface area contributed by atoms with Crippen molar-refractivity contribution in [3.63, 3.8) is 0 Å². The molecule has 8 nitrogen and oxygen atoms in total. The zero-order chi connectivity index (χ0) is 21.5. The van der Waals surface area contributed by atoms with Gasteiger partial charge in [0.05, 0.1) is 26.2 Å². The maximum absolute atomic E-state index is 12.1. The predicted molar refractivity (Wildman–Crippen MR) is 120 cm³/mol. The van der Waals surface area contributed by atoms with Crippen molar-refractivity contribution in [1.29, 1.82) is 0 Å². The smallest absolute Gasteiger partial charge is 0.250 e. The number of aromatic nitrogens is 3. The van der Waals surface area contributed by atoms with Crippen LogP contribution in [0.4, 0.5) is 0 Å². The maximum atomic E-state index is 12.1. The molecule has 0 atom stereocenters. The first kappa shape index (κ1) is 21.8. The van der Waals surface area contributed by atoms with Crippen LogP contribution in [0.25, 0.3) is 11.4 Å². The van der Waals surface area contributed by atoms with Gasteiger partial charge in [0, 0.05) is 28.7 Å². The monoisotopic (exact) mass is 489 g/mol. The summed E-state index contributed by atoms with van der Waals surface area (Å²) in [6.07, 6.45) is 1.52. The lowest BCUT2D eigenvalue weighted by atomic mass is 10.2. The van der Waals surface area contributed by atoms with Crippen LogP contribution in [0.15, 0.2) is 57.2 Å². The number of hydrogen-bond acceptors (Lipinski definition) is 7. The summed E-state index contributed by atoms with van der Waals surface area (Å²) in [7, 11) is 5.01. The summed E-state index contributed by atoms with van der Waals surface area (Å²) in [5.41, 5.74) is 4.17. The van der Waals surface area contributed by atoms with Crippen molar-refractivity contribution in [2.45, 2.75) is 5.16 Å². The van der Waals surface area contributed by atoms with E-state index in [2.05, 4.69) is 36.7 Å². The number of amides is 1. The van der Waals surface area contributed by atoms with E-state index in [-0.39, 0.29) is 11.7 Å². The highest BCUT2D eigenvalue weighted by atomic mass is 79.9. The van der Waals surface area contributed by atoms with Crippen LogP contribution in [0.1, 0.15) is 5.56 Å². The normalized spacial score (nSPS) is 10.9. The number of benzene rings is 2. The van der Waals surface area contributed by atoms with E-state index in [1.165, 1.54) is 18.0 Å². The van der Waals surface area contributed by atoms with Crippen molar-refractivity contribution in [1.82, 2.24) is 20.2 Å². The molecule has 1 amide bonds. The fourth-order valence-corrected chi connectivity index (χ4v) is 3.52. The molecule has 0 saturated heterocycles. The Morgan fingerprint density at radius 2 is 1.97 bits per heavy atom. The van der Waals surface area contributed by atoms with Gasteiger partial charge >= 0.3 is 0 Å². The lowest BCUT2D eigenvalue weighted by molar-refractivity contribution is -0.118. The number of rotatable bonds is 8. The standard InChI is InChI=1S/C20H20BrN5O3S/c1-26-19(13-4-7-15(21)8-5-13)24-25-20(26)30-12-18(27)23-22-11-14-6-9-16(28-2)10-17(14)29-3/h4-11H,12H2,1-3H3,(H,23,27)/b22-11+. The minimum atomic E-state index is -0.253. The highest BCUT2D eigenvalue weighted by Gasteiger charge is 2.13. The number of nitrogens with zero attached hydrogens (tertiary/aromatic N) is 4. The summed E-state index contributed by atoms with van der Waals surface area (Å²) in [6.45, 7) is 0. The van der Waals surface area contributed by atoms with Gasteiger partial charge < -0.3 is 14.0 Å². The minimum absolute atomic E-state index is 0.156. The van der Waals surface area contributed by atoms with Gasteiger partial charge in [-0.05, 0) is 24.3 Å². The second-order valence-electron chi connectivity index (χ2n) is 6.06. The van der Waals surface area contributed by atoms with Crippen molar-refractivity contribution in [2.75, 3.05) is 20.0 Å². The number of hydrogen-bond donors (Lipinski definition) is 1. The molecule has 0 saturated carbocycles. The van der Waals surface area contributed by atoms with Crippen molar-refractivity contribution >= 4 is 39.8 Å². The number of thioether (sulfide) groups is 1. The number of methoxy groups -OCH3 is 2. The van der Waals surface area contributed by atoms with Gasteiger partial charge in [0.2, 0.25) is 0 Å². The molecule has 1 aromatic heterocycles. The zero-order valence-corrected chi connectivity index (χ0v) is 19.0. The van der Waals surface area contributed by atoms with E-state index in [0.29, 0.717) is 16.7 Å². The van der Waals surface area contributed by atoms with Crippen LogP contribution in [-0.2, 0) is 11.8 Å². The van der Waals surface area contributed by atoms with Gasteiger partial charge in [-0.25, -0.2) is 5.43 Å². The second-order valence-corrected chi connectivity index (χ2v) is 7.92. The van der Waals surface area contributed by atoms with E-state index < -0.39 is 0 Å². The van der Waals surface area contributed by atoms with Crippen molar-refractivity contribution in [3.05, 3.63) is 52.5 Å². The Morgan fingerprint density at radius 3 is 2.67 bits per heavy atom. The average Bonchev–Trinajstić information content (AvgIpc) is 3.13. The highest BCUT2D eigenvalue weighted by Crippen LogP contribution is 2.24. The number of carbonyl (C=O) groups excluding carboxylic acids is 1. The Labute approximate surface area is 186 Å². The largest absolute Gasteiger partial charge is 0.497 e. The molecular formula is C20H20BrN5O3S. The number of halogens is 1. The van der Waals surface area contributed by atoms with Crippen LogP contribution in [0.3, 0.4) is 0 Å². The molecule has 1 heterocycles. The first-order valence-corrected chi connectivity index (χ1v) is 10.6. The van der Waals surface area contributed by atoms with E-state index in [9.17, 15) is 4.79 Å². The lowest BCUT2D eigenvalue weighted by Gasteiger charge is -2.07. The highest BCUT2D eigenvalue weighted by molar-refractivity contribution is 9.10. The Morgan fingerprint density at radius 1 is 1.20 bits per heavy atom. The molecule has 0 aliphatic heterocycles. The van der Waals surface area contributed by atoms with Crippen molar-refractivity contribution in [2.24, 2.45) is 12.1 Å². The quantitative estimate of drug-likeness (QED) is 0.295. The molecule has 1 N–H and O–H groups in total. The Kier molecular flexibility index (Phi) is 7.47. The molecule has 2 aromatic carbocycles. The summed E-state index contributed by atoms with van der Waals surface area (Å²) in [5, 5.41) is 13.0. The van der Waals surface area contributed by atoms with Gasteiger partial charge in [0.1, 0.15) is 11.5 Å². The predicted octanol–water partition coefficient (Wildman–Crippen LogP) is 3.50. The Bertz CT molecular complexity index is 1050. The fourth-order valence-electron chi connectivity index (χ4n) is 2.55. The number of carbonyl (C=O) groups is 1. The van der Waals surface area contributed by atoms with Gasteiger partial charge in [-0.3, -0.25) is 4.79 Å². The van der Waals surface area contributed by atoms with Crippen LogP contribution in [0.5, 0.6) is 11.5 Å². The minimum Gasteiger partial charge on any atom is -0.497 e. The van der Waals surface area contributed by atoms with Crippen LogP contribution in [-0.4, -0.2) is 46.9 Å². The van der Waals surface area contributed by atoms with Crippen molar-refractivity contribution in [3.8, 4) is 22.9 Å². The summed E-state index contributed by atoms with van der Waals surface area (Å²) in [6, 6.07) is 13.1. The molecule has 10 heteroatoms. The first-order valence-electron chi connectivity index (χ1n) is 8.84. The van der Waals surface area contributed by atoms with Gasteiger partial charge in [-0.15, -0.1) is 10.2 Å². The van der Waals surface area contributed by atoms with Gasteiger partial charge in [0.25, 0.3) is 5.91 Å². The van der Waals surface area contributed by atoms with Gasteiger partial charge in [-0.1, -0.05) is 39.8 Å². The SMILES string of the molecule is COc1ccc(/C=N/NC(=O)CSc2nnc(-c3ccc(Br)cc3)n2C)c(OC)c1. The summed E-state index contributed by atoms with van der Waals surface area (Å²) in [5.74, 6) is 1.91. The number of ether oxygens (including phenoxy) is 2. The topological polar surface area (TPSA) is 90.6 Å². The van der Waals surface area contributed by atoms with Crippen LogP contribution < -0.4 is 14.9 Å². The summed E-state index contributed by atoms with van der Waals surface area (Å²) in [4.78, 5) is 12.1. The van der Waals surface area contributed by atoms with E-state index in [1.807, 2.05) is 35.9 Å². The van der Waals surface area contributed by atoms with Crippen LogP contribution in [0.2, 0.25) is 0 Å². The molecule has 156 valence electrons. The summed E-state index contributed by atoms with van der Waals surface area (Å²) >= 11 is 4.70. The molecule has 3 aromatic rings. The number of hydrazone groups is 1. The zero-order valence-electron chi connectivity index (χ0n) is 16.6. The molecule has 0 aliphatic carbocycles.